The molecule has 6 nitrogen and oxygen atoms in total. The van der Waals surface area contributed by atoms with Crippen LogP contribution in [0.25, 0.3) is 0 Å². The highest BCUT2D eigenvalue weighted by Gasteiger charge is 2.32. The summed E-state index contributed by atoms with van der Waals surface area (Å²) < 4.78 is 0. The third-order valence-electron chi connectivity index (χ3n) is 2.64. The molecule has 2 N–H and O–H groups in total. The summed E-state index contributed by atoms with van der Waals surface area (Å²) in [6, 6.07) is 2.57. The first-order chi connectivity index (χ1) is 8.56. The van der Waals surface area contributed by atoms with E-state index in [1.807, 2.05) is 17.5 Å². The maximum Gasteiger partial charge on any atom is 0.322 e. The van der Waals surface area contributed by atoms with Gasteiger partial charge in [0.15, 0.2) is 0 Å². The van der Waals surface area contributed by atoms with E-state index in [0.29, 0.717) is 6.54 Å². The Bertz CT molecular complexity index is 472. The van der Waals surface area contributed by atoms with Gasteiger partial charge >= 0.3 is 6.03 Å². The first-order valence-electron chi connectivity index (χ1n) is 5.44. The second-order valence-corrected chi connectivity index (χ2v) is 5.08. The molecule has 1 aliphatic heterocycles. The lowest BCUT2D eigenvalue weighted by Crippen LogP contribution is -2.36. The molecule has 96 valence electrons. The van der Waals surface area contributed by atoms with E-state index in [2.05, 4.69) is 10.6 Å². The fourth-order valence-electron chi connectivity index (χ4n) is 1.66. The van der Waals surface area contributed by atoms with E-state index in [4.69, 9.17) is 0 Å². The molecule has 1 fully saturated rings. The Kier molecular flexibility index (Phi) is 3.61. The highest BCUT2D eigenvalue weighted by molar-refractivity contribution is 7.09. The van der Waals surface area contributed by atoms with Gasteiger partial charge in [0, 0.05) is 11.9 Å². The second kappa shape index (κ2) is 5.18. The third-order valence-corrected chi connectivity index (χ3v) is 3.50. The molecule has 0 radical (unpaired) electrons. The number of rotatable bonds is 4. The number of amides is 4. The average Bonchev–Trinajstić information content (AvgIpc) is 2.89. The van der Waals surface area contributed by atoms with E-state index in [0.717, 1.165) is 4.88 Å². The van der Waals surface area contributed by atoms with Crippen molar-refractivity contribution in [3.8, 4) is 0 Å². The van der Waals surface area contributed by atoms with Gasteiger partial charge in [0.05, 0.1) is 13.0 Å². The Morgan fingerprint density at radius 3 is 2.83 bits per heavy atom. The summed E-state index contributed by atoms with van der Waals surface area (Å²) in [6.07, 6.45) is -0.0144. The molecule has 1 aromatic rings. The molecule has 1 aliphatic rings. The Balaban J connectivity index is 1.88. The van der Waals surface area contributed by atoms with Crippen LogP contribution in [0.4, 0.5) is 4.79 Å². The van der Waals surface area contributed by atoms with Crippen LogP contribution in [-0.4, -0.2) is 35.8 Å². The van der Waals surface area contributed by atoms with Gasteiger partial charge in [-0.15, -0.1) is 11.3 Å². The Morgan fingerprint density at radius 2 is 2.28 bits per heavy atom. The van der Waals surface area contributed by atoms with Crippen molar-refractivity contribution in [2.75, 3.05) is 7.05 Å². The molecular weight excluding hydrogens is 254 g/mol. The lowest BCUT2D eigenvalue weighted by atomic mass is 10.2. The minimum absolute atomic E-state index is 0.0144. The molecule has 4 amide bonds. The van der Waals surface area contributed by atoms with Crippen LogP contribution >= 0.6 is 11.3 Å². The maximum absolute atomic E-state index is 11.9. The van der Waals surface area contributed by atoms with Crippen LogP contribution in [0.1, 0.15) is 11.3 Å². The number of hydrogen-bond acceptors (Lipinski definition) is 4. The number of urea groups is 1. The van der Waals surface area contributed by atoms with Gasteiger partial charge < -0.3 is 10.2 Å². The number of carbonyl (C=O) groups excluding carboxylic acids is 3. The highest BCUT2D eigenvalue weighted by Crippen LogP contribution is 2.12. The monoisotopic (exact) mass is 267 g/mol. The van der Waals surface area contributed by atoms with Gasteiger partial charge in [0.2, 0.25) is 5.91 Å². The normalized spacial score (nSPS) is 18.4. The van der Waals surface area contributed by atoms with E-state index < -0.39 is 18.0 Å². The van der Waals surface area contributed by atoms with E-state index in [9.17, 15) is 14.4 Å². The zero-order chi connectivity index (χ0) is 13.1. The first-order valence-corrected chi connectivity index (χ1v) is 6.32. The molecule has 1 saturated heterocycles. The summed E-state index contributed by atoms with van der Waals surface area (Å²) in [4.78, 5) is 36.7. The lowest BCUT2D eigenvalue weighted by Gasteiger charge is -2.17. The summed E-state index contributed by atoms with van der Waals surface area (Å²) in [7, 11) is 1.68. The molecule has 0 saturated carbocycles. The zero-order valence-electron chi connectivity index (χ0n) is 9.80. The fraction of sp³-hybridized carbons (Fsp3) is 0.364. The first kappa shape index (κ1) is 12.6. The topological polar surface area (TPSA) is 78.5 Å². The van der Waals surface area contributed by atoms with Crippen molar-refractivity contribution in [3.05, 3.63) is 22.4 Å². The molecule has 0 spiro atoms. The van der Waals surface area contributed by atoms with Crippen LogP contribution in [0.15, 0.2) is 17.5 Å². The van der Waals surface area contributed by atoms with Crippen molar-refractivity contribution in [1.29, 1.82) is 0 Å². The molecule has 0 aliphatic carbocycles. The molecular formula is C11H13N3O3S. The maximum atomic E-state index is 11.9. The van der Waals surface area contributed by atoms with Gasteiger partial charge in [-0.1, -0.05) is 6.07 Å². The molecule has 2 heterocycles. The van der Waals surface area contributed by atoms with E-state index in [-0.39, 0.29) is 12.3 Å². The minimum Gasteiger partial charge on any atom is -0.341 e. The zero-order valence-corrected chi connectivity index (χ0v) is 10.6. The summed E-state index contributed by atoms with van der Waals surface area (Å²) >= 11 is 1.57. The van der Waals surface area contributed by atoms with Crippen molar-refractivity contribution in [3.63, 3.8) is 0 Å². The molecule has 0 aromatic carbocycles. The van der Waals surface area contributed by atoms with Gasteiger partial charge in [-0.3, -0.25) is 14.9 Å². The van der Waals surface area contributed by atoms with Crippen LogP contribution in [0.3, 0.4) is 0 Å². The smallest absolute Gasteiger partial charge is 0.322 e. The minimum atomic E-state index is -0.754. The van der Waals surface area contributed by atoms with Crippen molar-refractivity contribution >= 4 is 29.2 Å². The SMILES string of the molecule is CN(Cc1cccs1)C(=O)CC1NC(=O)NC1=O. The largest absolute Gasteiger partial charge is 0.341 e. The van der Waals surface area contributed by atoms with E-state index >= 15 is 0 Å². The van der Waals surface area contributed by atoms with Crippen LogP contribution in [0, 0.1) is 0 Å². The number of hydrogen-bond donors (Lipinski definition) is 2. The average molecular weight is 267 g/mol. The molecule has 1 atom stereocenters. The molecule has 18 heavy (non-hydrogen) atoms. The summed E-state index contributed by atoms with van der Waals surface area (Å²) in [6.45, 7) is 0.513. The highest BCUT2D eigenvalue weighted by atomic mass is 32.1. The third kappa shape index (κ3) is 2.86. The second-order valence-electron chi connectivity index (χ2n) is 4.05. The summed E-state index contributed by atoms with van der Waals surface area (Å²) in [5.74, 6) is -0.622. The van der Waals surface area contributed by atoms with Crippen LogP contribution in [-0.2, 0) is 16.1 Å². The van der Waals surface area contributed by atoms with Crippen LogP contribution < -0.4 is 10.6 Å². The van der Waals surface area contributed by atoms with Crippen molar-refractivity contribution in [2.45, 2.75) is 19.0 Å². The predicted octanol–water partition coefficient (Wildman–Crippen LogP) is 0.305. The van der Waals surface area contributed by atoms with Gasteiger partial charge in [0.25, 0.3) is 5.91 Å². The molecule has 1 aromatic heterocycles. The van der Waals surface area contributed by atoms with Gasteiger partial charge in [0.1, 0.15) is 6.04 Å². The number of imide groups is 1. The van der Waals surface area contributed by atoms with Crippen molar-refractivity contribution < 1.29 is 14.4 Å². The van der Waals surface area contributed by atoms with Gasteiger partial charge in [-0.2, -0.15) is 0 Å². The van der Waals surface area contributed by atoms with Gasteiger partial charge in [-0.05, 0) is 11.4 Å². The standard InChI is InChI=1S/C11H13N3O3S/c1-14(6-7-3-2-4-18-7)9(15)5-8-10(16)13-11(17)12-8/h2-4,8H,5-6H2,1H3,(H2,12,13,16,17). The molecule has 0 bridgehead atoms. The summed E-state index contributed by atoms with van der Waals surface area (Å²) in [5.41, 5.74) is 0. The number of nitrogens with zero attached hydrogens (tertiary/aromatic N) is 1. The van der Waals surface area contributed by atoms with E-state index in [1.165, 1.54) is 0 Å². The lowest BCUT2D eigenvalue weighted by molar-refractivity contribution is -0.133. The number of nitrogens with one attached hydrogen (secondary N) is 2. The van der Waals surface area contributed by atoms with E-state index in [1.54, 1.807) is 23.3 Å². The number of thiophene rings is 1. The van der Waals surface area contributed by atoms with Gasteiger partial charge in [-0.25, -0.2) is 4.79 Å². The predicted molar refractivity (Wildman–Crippen MR) is 65.9 cm³/mol. The quantitative estimate of drug-likeness (QED) is 0.770. The number of carbonyl (C=O) groups is 3. The molecule has 2 rings (SSSR count). The van der Waals surface area contributed by atoms with Crippen molar-refractivity contribution in [1.82, 2.24) is 15.5 Å². The molecule has 7 heteroatoms. The molecule has 1 unspecified atom stereocenters. The Morgan fingerprint density at radius 1 is 1.50 bits per heavy atom. The fourth-order valence-corrected chi connectivity index (χ4v) is 2.41. The Hall–Kier alpha value is -1.89. The van der Waals surface area contributed by atoms with Crippen LogP contribution in [0.2, 0.25) is 0 Å². The van der Waals surface area contributed by atoms with Crippen LogP contribution in [0.5, 0.6) is 0 Å². The Labute approximate surface area is 108 Å². The van der Waals surface area contributed by atoms with Crippen molar-refractivity contribution in [2.24, 2.45) is 0 Å². The summed E-state index contributed by atoms with van der Waals surface area (Å²) in [5, 5.41) is 6.45.